The number of aromatic nitrogens is 1. The van der Waals surface area contributed by atoms with E-state index in [2.05, 4.69) is 5.32 Å². The standard InChI is InChI=1S/C19H18N2O2/c22-18(20-11-13-9-10-13)12-21-16-7-3-1-5-14(16)19(23)15-6-2-4-8-17(15)21/h1-8,13H,9-12H2,(H,20,22). The summed E-state index contributed by atoms with van der Waals surface area (Å²) in [6, 6.07) is 15.0. The first-order valence-corrected chi connectivity index (χ1v) is 8.01. The number of nitrogens with zero attached hydrogens (tertiary/aromatic N) is 1. The van der Waals surface area contributed by atoms with Crippen LogP contribution in [0.1, 0.15) is 12.8 Å². The van der Waals surface area contributed by atoms with Gasteiger partial charge in [-0.1, -0.05) is 24.3 Å². The van der Waals surface area contributed by atoms with Crippen molar-refractivity contribution < 1.29 is 4.79 Å². The van der Waals surface area contributed by atoms with E-state index < -0.39 is 0 Å². The van der Waals surface area contributed by atoms with Crippen molar-refractivity contribution in [3.8, 4) is 0 Å². The number of hydrogen-bond donors (Lipinski definition) is 1. The molecule has 1 aliphatic carbocycles. The summed E-state index contributed by atoms with van der Waals surface area (Å²) < 4.78 is 1.94. The molecule has 2 aromatic carbocycles. The van der Waals surface area contributed by atoms with Gasteiger partial charge in [0.15, 0.2) is 5.43 Å². The molecule has 3 aromatic rings. The van der Waals surface area contributed by atoms with Gasteiger partial charge in [0.25, 0.3) is 0 Å². The highest BCUT2D eigenvalue weighted by molar-refractivity contribution is 5.94. The summed E-state index contributed by atoms with van der Waals surface area (Å²) in [5, 5.41) is 4.31. The van der Waals surface area contributed by atoms with Crippen LogP contribution in [0.25, 0.3) is 21.8 Å². The summed E-state index contributed by atoms with van der Waals surface area (Å²) in [7, 11) is 0. The lowest BCUT2D eigenvalue weighted by molar-refractivity contribution is -0.121. The van der Waals surface area contributed by atoms with Gasteiger partial charge in [-0.25, -0.2) is 0 Å². The SMILES string of the molecule is O=C(Cn1c2ccccc2c(=O)c2ccccc21)NCC1CC1. The first-order chi connectivity index (χ1) is 11.2. The van der Waals surface area contributed by atoms with Crippen LogP contribution < -0.4 is 10.7 Å². The van der Waals surface area contributed by atoms with Gasteiger partial charge < -0.3 is 9.88 Å². The molecule has 4 heteroatoms. The summed E-state index contributed by atoms with van der Waals surface area (Å²) >= 11 is 0. The van der Waals surface area contributed by atoms with E-state index in [1.807, 2.05) is 53.1 Å². The lowest BCUT2D eigenvalue weighted by Crippen LogP contribution is -2.30. The molecular weight excluding hydrogens is 288 g/mol. The number of pyridine rings is 1. The van der Waals surface area contributed by atoms with E-state index in [1.54, 1.807) is 0 Å². The molecule has 0 aliphatic heterocycles. The molecule has 1 fully saturated rings. The van der Waals surface area contributed by atoms with Gasteiger partial charge in [-0.3, -0.25) is 9.59 Å². The topological polar surface area (TPSA) is 51.1 Å². The molecule has 4 nitrogen and oxygen atoms in total. The zero-order chi connectivity index (χ0) is 15.8. The average Bonchev–Trinajstić information content (AvgIpc) is 3.41. The molecule has 0 unspecified atom stereocenters. The summed E-state index contributed by atoms with van der Waals surface area (Å²) in [5.74, 6) is 0.650. The predicted octanol–water partition coefficient (Wildman–Crippen LogP) is 2.68. The third kappa shape index (κ3) is 2.61. The van der Waals surface area contributed by atoms with Crippen molar-refractivity contribution in [1.82, 2.24) is 9.88 Å². The number of carbonyl (C=O) groups excluding carboxylic acids is 1. The van der Waals surface area contributed by atoms with Crippen LogP contribution in [0.3, 0.4) is 0 Å². The van der Waals surface area contributed by atoms with Gasteiger partial charge in [0.1, 0.15) is 6.54 Å². The number of carbonyl (C=O) groups is 1. The van der Waals surface area contributed by atoms with Crippen molar-refractivity contribution in [2.45, 2.75) is 19.4 Å². The Bertz CT molecular complexity index is 894. The molecule has 0 radical (unpaired) electrons. The second-order valence-corrected chi connectivity index (χ2v) is 6.20. The molecule has 1 aliphatic rings. The monoisotopic (exact) mass is 306 g/mol. The summed E-state index contributed by atoms with van der Waals surface area (Å²) in [6.45, 7) is 0.989. The lowest BCUT2D eigenvalue weighted by atomic mass is 10.1. The fourth-order valence-electron chi connectivity index (χ4n) is 3.03. The van der Waals surface area contributed by atoms with Gasteiger partial charge in [0.05, 0.1) is 11.0 Å². The van der Waals surface area contributed by atoms with Crippen molar-refractivity contribution in [2.75, 3.05) is 6.54 Å². The third-order valence-electron chi connectivity index (χ3n) is 4.47. The highest BCUT2D eigenvalue weighted by Gasteiger charge is 2.22. The van der Waals surface area contributed by atoms with E-state index >= 15 is 0 Å². The average molecular weight is 306 g/mol. The number of amides is 1. The molecule has 1 amide bonds. The molecular formula is C19H18N2O2. The number of rotatable bonds is 4. The fourth-order valence-corrected chi connectivity index (χ4v) is 3.03. The maximum atomic E-state index is 12.6. The van der Waals surface area contributed by atoms with Crippen LogP contribution in [-0.4, -0.2) is 17.0 Å². The van der Waals surface area contributed by atoms with Crippen LogP contribution in [-0.2, 0) is 11.3 Å². The van der Waals surface area contributed by atoms with E-state index in [0.717, 1.165) is 17.6 Å². The van der Waals surface area contributed by atoms with E-state index in [1.165, 1.54) is 12.8 Å². The largest absolute Gasteiger partial charge is 0.354 e. The fraction of sp³-hybridized carbons (Fsp3) is 0.263. The molecule has 1 aromatic heterocycles. The van der Waals surface area contributed by atoms with Crippen LogP contribution >= 0.6 is 0 Å². The Hall–Kier alpha value is -2.62. The van der Waals surface area contributed by atoms with Crippen LogP contribution in [0.15, 0.2) is 53.3 Å². The van der Waals surface area contributed by atoms with Crippen LogP contribution in [0.5, 0.6) is 0 Å². The molecule has 0 spiro atoms. The summed E-state index contributed by atoms with van der Waals surface area (Å²) in [5.41, 5.74) is 1.63. The first kappa shape index (κ1) is 14.0. The Balaban J connectivity index is 1.83. The Morgan fingerprint density at radius 1 is 1.00 bits per heavy atom. The van der Waals surface area contributed by atoms with Crippen molar-refractivity contribution in [2.24, 2.45) is 5.92 Å². The molecule has 1 heterocycles. The van der Waals surface area contributed by atoms with Crippen LogP contribution in [0.2, 0.25) is 0 Å². The number of nitrogens with one attached hydrogen (secondary N) is 1. The zero-order valence-electron chi connectivity index (χ0n) is 12.8. The number of hydrogen-bond acceptors (Lipinski definition) is 2. The van der Waals surface area contributed by atoms with Gasteiger partial charge in [-0.2, -0.15) is 0 Å². The van der Waals surface area contributed by atoms with E-state index in [9.17, 15) is 9.59 Å². The molecule has 1 N–H and O–H groups in total. The van der Waals surface area contributed by atoms with Gasteiger partial charge in [0.2, 0.25) is 5.91 Å². The third-order valence-corrected chi connectivity index (χ3v) is 4.47. The molecule has 0 atom stereocenters. The van der Waals surface area contributed by atoms with E-state index in [0.29, 0.717) is 16.7 Å². The Kier molecular flexibility index (Phi) is 3.37. The second kappa shape index (κ2) is 5.54. The maximum Gasteiger partial charge on any atom is 0.239 e. The second-order valence-electron chi connectivity index (χ2n) is 6.20. The van der Waals surface area contributed by atoms with Gasteiger partial charge in [-0.05, 0) is 43.0 Å². The molecule has 23 heavy (non-hydrogen) atoms. The number of para-hydroxylation sites is 2. The maximum absolute atomic E-state index is 12.6. The minimum atomic E-state index is -0.00384. The minimum Gasteiger partial charge on any atom is -0.354 e. The van der Waals surface area contributed by atoms with E-state index in [-0.39, 0.29) is 17.9 Å². The molecule has 0 saturated heterocycles. The highest BCUT2D eigenvalue weighted by Crippen LogP contribution is 2.27. The Morgan fingerprint density at radius 2 is 1.57 bits per heavy atom. The van der Waals surface area contributed by atoms with Crippen molar-refractivity contribution >= 4 is 27.7 Å². The summed E-state index contributed by atoms with van der Waals surface area (Å²) in [6.07, 6.45) is 2.42. The lowest BCUT2D eigenvalue weighted by Gasteiger charge is -2.15. The summed E-state index contributed by atoms with van der Waals surface area (Å²) in [4.78, 5) is 24.9. The molecule has 116 valence electrons. The number of benzene rings is 2. The quantitative estimate of drug-likeness (QED) is 0.753. The van der Waals surface area contributed by atoms with Crippen molar-refractivity contribution in [3.05, 3.63) is 58.8 Å². The van der Waals surface area contributed by atoms with E-state index in [4.69, 9.17) is 0 Å². The van der Waals surface area contributed by atoms with Gasteiger partial charge >= 0.3 is 0 Å². The predicted molar refractivity (Wildman–Crippen MR) is 91.4 cm³/mol. The molecule has 4 rings (SSSR count). The van der Waals surface area contributed by atoms with Gasteiger partial charge in [-0.15, -0.1) is 0 Å². The van der Waals surface area contributed by atoms with Gasteiger partial charge in [0, 0.05) is 17.3 Å². The normalized spacial score (nSPS) is 14.3. The number of fused-ring (bicyclic) bond motifs is 2. The molecule has 1 saturated carbocycles. The van der Waals surface area contributed by atoms with Crippen molar-refractivity contribution in [3.63, 3.8) is 0 Å². The first-order valence-electron chi connectivity index (χ1n) is 8.01. The van der Waals surface area contributed by atoms with Crippen LogP contribution in [0.4, 0.5) is 0 Å². The van der Waals surface area contributed by atoms with Crippen molar-refractivity contribution in [1.29, 1.82) is 0 Å². The smallest absolute Gasteiger partial charge is 0.239 e. The Morgan fingerprint density at radius 3 is 2.13 bits per heavy atom. The van der Waals surface area contributed by atoms with Crippen LogP contribution in [0, 0.1) is 5.92 Å². The molecule has 0 bridgehead atoms. The Labute approximate surface area is 133 Å². The minimum absolute atomic E-state index is 0.00384. The highest BCUT2D eigenvalue weighted by atomic mass is 16.2. The zero-order valence-corrected chi connectivity index (χ0v) is 12.8.